The Morgan fingerprint density at radius 3 is 2.63 bits per heavy atom. The van der Waals surface area contributed by atoms with Crippen LogP contribution in [0.2, 0.25) is 0 Å². The van der Waals surface area contributed by atoms with Crippen LogP contribution in [0.3, 0.4) is 0 Å². The largest absolute Gasteiger partial charge is 0.496 e. The van der Waals surface area contributed by atoms with Crippen molar-refractivity contribution in [2.75, 3.05) is 7.11 Å². The Labute approximate surface area is 172 Å². The molecular formula is C21H24N4O5. The molecule has 0 saturated heterocycles. The van der Waals surface area contributed by atoms with Crippen LogP contribution in [0.25, 0.3) is 22.4 Å². The van der Waals surface area contributed by atoms with Crippen LogP contribution in [0.5, 0.6) is 11.5 Å². The number of aromatic amines is 1. The summed E-state index contributed by atoms with van der Waals surface area (Å²) in [4.78, 5) is 39.4. The average molecular weight is 412 g/mol. The molecule has 2 fully saturated rings. The van der Waals surface area contributed by atoms with E-state index in [0.29, 0.717) is 28.2 Å². The minimum Gasteiger partial charge on any atom is -0.496 e. The Hall–Kier alpha value is -3.36. The lowest BCUT2D eigenvalue weighted by atomic mass is 10.1. The second-order valence-electron chi connectivity index (χ2n) is 7.63. The number of methoxy groups -OCH3 is 1. The van der Waals surface area contributed by atoms with Crippen molar-refractivity contribution in [3.63, 3.8) is 0 Å². The van der Waals surface area contributed by atoms with Crippen LogP contribution >= 0.6 is 0 Å². The number of hydrogen-bond donors (Lipinski definition) is 1. The number of carbonyl (C=O) groups is 1. The number of ether oxygens (including phenoxy) is 1. The fourth-order valence-electron chi connectivity index (χ4n) is 3.85. The van der Waals surface area contributed by atoms with Crippen molar-refractivity contribution >= 4 is 17.0 Å². The summed E-state index contributed by atoms with van der Waals surface area (Å²) in [6.07, 6.45) is 7.70. The molecule has 0 aliphatic heterocycles. The predicted octanol–water partition coefficient (Wildman–Crippen LogP) is 3.00. The summed E-state index contributed by atoms with van der Waals surface area (Å²) in [5.74, 6) is 2.84. The van der Waals surface area contributed by atoms with Crippen molar-refractivity contribution in [2.45, 2.75) is 32.6 Å². The van der Waals surface area contributed by atoms with Gasteiger partial charge < -0.3 is 9.72 Å². The van der Waals surface area contributed by atoms with Gasteiger partial charge in [-0.15, -0.1) is 0 Å². The van der Waals surface area contributed by atoms with E-state index in [1.54, 1.807) is 38.4 Å². The van der Waals surface area contributed by atoms with Crippen LogP contribution in [0.15, 0.2) is 29.2 Å². The maximum absolute atomic E-state index is 12.2. The first-order chi connectivity index (χ1) is 14.5. The first-order valence-electron chi connectivity index (χ1n) is 9.91. The van der Waals surface area contributed by atoms with Gasteiger partial charge in [0, 0.05) is 20.0 Å². The molecule has 2 unspecified atom stereocenters. The lowest BCUT2D eigenvalue weighted by Gasteiger charge is -2.10. The van der Waals surface area contributed by atoms with Crippen LogP contribution in [0, 0.1) is 11.8 Å². The maximum Gasteiger partial charge on any atom is 0.352 e. The maximum atomic E-state index is 12.2. The van der Waals surface area contributed by atoms with Gasteiger partial charge in [0.1, 0.15) is 17.0 Å². The zero-order valence-electron chi connectivity index (χ0n) is 17.2. The molecule has 0 spiro atoms. The molecule has 9 heteroatoms. The number of aryl methyl sites for hydroxylation is 1. The zero-order valence-corrected chi connectivity index (χ0v) is 17.2. The summed E-state index contributed by atoms with van der Waals surface area (Å²) in [5.41, 5.74) is 0.703. The van der Waals surface area contributed by atoms with E-state index in [2.05, 4.69) is 20.0 Å². The molecule has 2 saturated carbocycles. The SMILES string of the molecule is C1CC2CC2C1.COc1cc(OOC(C)=O)ccc1-c1nc2c(cnn2C)c(=O)[nH]1. The third kappa shape index (κ3) is 4.14. The number of rotatable bonds is 4. The van der Waals surface area contributed by atoms with Gasteiger partial charge in [0.15, 0.2) is 11.4 Å². The average Bonchev–Trinajstić information content (AvgIpc) is 3.14. The van der Waals surface area contributed by atoms with Crippen LogP contribution in [0.4, 0.5) is 0 Å². The van der Waals surface area contributed by atoms with Crippen LogP contribution in [0.1, 0.15) is 32.6 Å². The van der Waals surface area contributed by atoms with E-state index in [1.807, 2.05) is 0 Å². The van der Waals surface area contributed by atoms with E-state index in [-0.39, 0.29) is 11.3 Å². The summed E-state index contributed by atoms with van der Waals surface area (Å²) in [5, 5.41) is 4.42. The van der Waals surface area contributed by atoms with Gasteiger partial charge in [-0.1, -0.05) is 19.3 Å². The van der Waals surface area contributed by atoms with Gasteiger partial charge >= 0.3 is 5.97 Å². The number of carbonyl (C=O) groups excluding carboxylic acids is 1. The van der Waals surface area contributed by atoms with Crippen molar-refractivity contribution in [3.05, 3.63) is 34.7 Å². The molecular weight excluding hydrogens is 388 g/mol. The molecule has 158 valence electrons. The molecule has 0 bridgehead atoms. The van der Waals surface area contributed by atoms with Crippen molar-refractivity contribution in [1.82, 2.24) is 19.7 Å². The molecule has 2 atom stereocenters. The standard InChI is InChI=1S/C15H14N4O5.C6H10/c1-8(20)23-24-9-4-5-10(12(6-9)22-3)13-17-14-11(15(21)18-13)7-16-19(14)2;1-2-5-4-6(5)3-1/h4-7H,1-3H3,(H,17,18,21);5-6H,1-4H2. The third-order valence-corrected chi connectivity index (χ3v) is 5.50. The number of hydrogen-bond acceptors (Lipinski definition) is 7. The van der Waals surface area contributed by atoms with Gasteiger partial charge in [0.05, 0.1) is 18.9 Å². The van der Waals surface area contributed by atoms with Crippen molar-refractivity contribution in [1.29, 1.82) is 0 Å². The molecule has 3 aromatic rings. The first-order valence-corrected chi connectivity index (χ1v) is 9.91. The Morgan fingerprint density at radius 2 is 2.03 bits per heavy atom. The lowest BCUT2D eigenvalue weighted by molar-refractivity contribution is -0.210. The minimum absolute atomic E-state index is 0.273. The summed E-state index contributed by atoms with van der Waals surface area (Å²) < 4.78 is 6.82. The van der Waals surface area contributed by atoms with Crippen molar-refractivity contribution in [2.24, 2.45) is 18.9 Å². The molecule has 30 heavy (non-hydrogen) atoms. The number of nitrogens with zero attached hydrogens (tertiary/aromatic N) is 3. The Morgan fingerprint density at radius 1 is 1.27 bits per heavy atom. The third-order valence-electron chi connectivity index (χ3n) is 5.50. The van der Waals surface area contributed by atoms with E-state index < -0.39 is 5.97 Å². The van der Waals surface area contributed by atoms with E-state index in [0.717, 1.165) is 0 Å². The smallest absolute Gasteiger partial charge is 0.352 e. The second-order valence-corrected chi connectivity index (χ2v) is 7.63. The van der Waals surface area contributed by atoms with E-state index in [9.17, 15) is 9.59 Å². The van der Waals surface area contributed by atoms with Crippen LogP contribution < -0.4 is 15.2 Å². The molecule has 2 heterocycles. The van der Waals surface area contributed by atoms with Gasteiger partial charge in [-0.3, -0.25) is 19.3 Å². The van der Waals surface area contributed by atoms with E-state index >= 15 is 0 Å². The summed E-state index contributed by atoms with van der Waals surface area (Å²) in [6, 6.07) is 4.72. The van der Waals surface area contributed by atoms with Crippen LogP contribution in [-0.2, 0) is 16.7 Å². The fourth-order valence-corrected chi connectivity index (χ4v) is 3.85. The Bertz CT molecular complexity index is 1130. The molecule has 2 aliphatic rings. The molecule has 2 aromatic heterocycles. The number of aromatic nitrogens is 4. The number of H-pyrrole nitrogens is 1. The summed E-state index contributed by atoms with van der Waals surface area (Å²) in [7, 11) is 3.17. The normalized spacial score (nSPS) is 18.9. The first kappa shape index (κ1) is 19.9. The number of nitrogens with one attached hydrogen (secondary N) is 1. The predicted molar refractivity (Wildman–Crippen MR) is 109 cm³/mol. The molecule has 5 rings (SSSR count). The molecule has 1 aromatic carbocycles. The number of benzene rings is 1. The van der Waals surface area contributed by atoms with E-state index in [1.165, 1.54) is 49.2 Å². The molecule has 1 N–H and O–H groups in total. The van der Waals surface area contributed by atoms with Gasteiger partial charge in [0.2, 0.25) is 0 Å². The van der Waals surface area contributed by atoms with Crippen LogP contribution in [-0.4, -0.2) is 32.8 Å². The topological polar surface area (TPSA) is 108 Å². The summed E-state index contributed by atoms with van der Waals surface area (Å²) >= 11 is 0. The number of fused-ring (bicyclic) bond motifs is 2. The Kier molecular flexibility index (Phi) is 5.43. The minimum atomic E-state index is -0.578. The molecule has 9 nitrogen and oxygen atoms in total. The monoisotopic (exact) mass is 412 g/mol. The highest BCUT2D eigenvalue weighted by Gasteiger charge is 2.40. The summed E-state index contributed by atoms with van der Waals surface area (Å²) in [6.45, 7) is 1.23. The van der Waals surface area contributed by atoms with Gasteiger partial charge in [-0.25, -0.2) is 9.78 Å². The van der Waals surface area contributed by atoms with Gasteiger partial charge in [0.25, 0.3) is 5.56 Å². The van der Waals surface area contributed by atoms with E-state index in [4.69, 9.17) is 9.62 Å². The highest BCUT2D eigenvalue weighted by Crippen LogP contribution is 2.51. The Balaban J connectivity index is 0.000000305. The molecule has 0 amide bonds. The van der Waals surface area contributed by atoms with Crippen molar-refractivity contribution in [3.8, 4) is 22.9 Å². The van der Waals surface area contributed by atoms with Crippen molar-refractivity contribution < 1.29 is 19.3 Å². The zero-order chi connectivity index (χ0) is 21.3. The quantitative estimate of drug-likeness (QED) is 0.518. The fraction of sp³-hybridized carbons (Fsp3) is 0.429. The highest BCUT2D eigenvalue weighted by molar-refractivity contribution is 5.77. The highest BCUT2D eigenvalue weighted by atomic mass is 17.2. The lowest BCUT2D eigenvalue weighted by Crippen LogP contribution is -2.10. The molecule has 2 aliphatic carbocycles. The van der Waals surface area contributed by atoms with Gasteiger partial charge in [-0.05, 0) is 30.4 Å². The molecule has 0 radical (unpaired) electrons. The second kappa shape index (κ2) is 8.17. The van der Waals surface area contributed by atoms with Gasteiger partial charge in [-0.2, -0.15) is 5.10 Å².